The minimum Gasteiger partial charge on any atom is -0.496 e. The lowest BCUT2D eigenvalue weighted by Crippen LogP contribution is -2.33. The Balaban J connectivity index is 0.000000339. The van der Waals surface area contributed by atoms with Crippen LogP contribution in [0.25, 0.3) is 11.4 Å². The van der Waals surface area contributed by atoms with E-state index in [1.165, 1.54) is 49.7 Å². The summed E-state index contributed by atoms with van der Waals surface area (Å²) in [5.74, 6) is -2.80. The molecule has 0 aliphatic carbocycles. The quantitative estimate of drug-likeness (QED) is 0.200. The van der Waals surface area contributed by atoms with Crippen LogP contribution < -0.4 is 20.7 Å². The lowest BCUT2D eigenvalue weighted by Gasteiger charge is -2.27. The number of aliphatic hydroxyl groups is 2. The van der Waals surface area contributed by atoms with Gasteiger partial charge in [0.05, 0.1) is 36.7 Å². The largest absolute Gasteiger partial charge is 0.496 e. The van der Waals surface area contributed by atoms with Crippen LogP contribution in [0.1, 0.15) is 28.6 Å². The van der Waals surface area contributed by atoms with E-state index < -0.39 is 29.6 Å². The van der Waals surface area contributed by atoms with E-state index in [-0.39, 0.29) is 47.2 Å². The molecule has 3 aromatic carbocycles. The summed E-state index contributed by atoms with van der Waals surface area (Å²) in [5.41, 5.74) is 7.16. The second-order valence-electron chi connectivity index (χ2n) is 9.83. The maximum Gasteiger partial charge on any atom is 0.337 e. The first kappa shape index (κ1) is 31.9. The molecule has 0 spiro atoms. The molecule has 0 saturated carbocycles. The molecule has 0 bridgehead atoms. The predicted molar refractivity (Wildman–Crippen MR) is 158 cm³/mol. The lowest BCUT2D eigenvalue weighted by atomic mass is 10.1. The number of carbonyl (C=O) groups excluding carboxylic acids is 1. The lowest BCUT2D eigenvalue weighted by molar-refractivity contribution is -0.146. The van der Waals surface area contributed by atoms with Gasteiger partial charge < -0.3 is 36.0 Å². The van der Waals surface area contributed by atoms with Crippen molar-refractivity contribution in [2.24, 2.45) is 5.73 Å². The van der Waals surface area contributed by atoms with Crippen molar-refractivity contribution in [1.82, 2.24) is 9.97 Å². The van der Waals surface area contributed by atoms with E-state index >= 15 is 0 Å². The number of halogens is 2. The fraction of sp³-hybridized carbons (Fsp3) is 0.226. The van der Waals surface area contributed by atoms with Gasteiger partial charge in [0.1, 0.15) is 23.1 Å². The molecule has 1 saturated heterocycles. The standard InChI is InChI=1S/C23H23F2N5O3.C8H8O3/c1-33-20-4-2-3-16(25)21(20)22-27-8-7-17(28-22)23(32)29-18-9-13(24)5-6-19(18)30-11-14(26)10-15(30)12-31;9-7(8(10)11)6-4-2-1-3-5-6/h2-9,14-15,31H,10-12,26H2,1H3,(H,29,32);1-5,7,9H,(H,10,11)/t14-,15-;/m0./s1. The topological polar surface area (TPSA) is 171 Å². The van der Waals surface area contributed by atoms with Crippen LogP contribution in [0.3, 0.4) is 0 Å². The summed E-state index contributed by atoms with van der Waals surface area (Å²) in [4.78, 5) is 33.3. The van der Waals surface area contributed by atoms with E-state index in [9.17, 15) is 23.5 Å². The monoisotopic (exact) mass is 607 g/mol. The number of hydrogen-bond donors (Lipinski definition) is 5. The first-order valence-electron chi connectivity index (χ1n) is 13.5. The van der Waals surface area contributed by atoms with Crippen molar-refractivity contribution in [3.05, 3.63) is 102 Å². The highest BCUT2D eigenvalue weighted by Crippen LogP contribution is 2.33. The minimum absolute atomic E-state index is 0.0251. The summed E-state index contributed by atoms with van der Waals surface area (Å²) in [7, 11) is 1.39. The number of carboxylic acids is 1. The van der Waals surface area contributed by atoms with Crippen LogP contribution in [-0.4, -0.2) is 69.5 Å². The number of aliphatic hydroxyl groups excluding tert-OH is 2. The molecule has 13 heteroatoms. The number of methoxy groups -OCH3 is 1. The highest BCUT2D eigenvalue weighted by Gasteiger charge is 2.31. The highest BCUT2D eigenvalue weighted by molar-refractivity contribution is 6.05. The summed E-state index contributed by atoms with van der Waals surface area (Å²) in [6.45, 7) is 0.322. The molecule has 1 fully saturated rings. The number of anilines is 2. The third kappa shape index (κ3) is 7.50. The fourth-order valence-electron chi connectivity index (χ4n) is 4.74. The molecule has 5 rings (SSSR count). The van der Waals surface area contributed by atoms with Gasteiger partial charge in [-0.2, -0.15) is 0 Å². The Morgan fingerprint density at radius 2 is 1.86 bits per heavy atom. The van der Waals surface area contributed by atoms with Gasteiger partial charge in [-0.15, -0.1) is 0 Å². The number of hydrogen-bond acceptors (Lipinski definition) is 9. The van der Waals surface area contributed by atoms with Crippen LogP contribution in [0.2, 0.25) is 0 Å². The first-order valence-corrected chi connectivity index (χ1v) is 13.5. The zero-order valence-electron chi connectivity index (χ0n) is 23.6. The van der Waals surface area contributed by atoms with Crippen molar-refractivity contribution in [2.75, 3.05) is 30.5 Å². The van der Waals surface area contributed by atoms with Gasteiger partial charge in [-0.3, -0.25) is 4.79 Å². The number of rotatable bonds is 8. The molecule has 1 aliphatic heterocycles. The smallest absolute Gasteiger partial charge is 0.337 e. The van der Waals surface area contributed by atoms with E-state index in [4.69, 9.17) is 20.7 Å². The maximum absolute atomic E-state index is 14.4. The molecule has 2 heterocycles. The van der Waals surface area contributed by atoms with Crippen LogP contribution in [0.5, 0.6) is 5.75 Å². The van der Waals surface area contributed by atoms with Gasteiger partial charge in [-0.25, -0.2) is 23.5 Å². The van der Waals surface area contributed by atoms with Gasteiger partial charge in [0.15, 0.2) is 11.9 Å². The number of aromatic nitrogens is 2. The second-order valence-corrected chi connectivity index (χ2v) is 9.83. The Bertz CT molecular complexity index is 1610. The molecule has 3 atom stereocenters. The number of nitrogens with zero attached hydrogens (tertiary/aromatic N) is 3. The van der Waals surface area contributed by atoms with E-state index in [0.29, 0.717) is 24.2 Å². The van der Waals surface area contributed by atoms with Crippen LogP contribution >= 0.6 is 0 Å². The first-order chi connectivity index (χ1) is 21.1. The maximum atomic E-state index is 14.4. The van der Waals surface area contributed by atoms with Crippen LogP contribution in [0.15, 0.2) is 79.0 Å². The average molecular weight is 608 g/mol. The summed E-state index contributed by atoms with van der Waals surface area (Å²) in [6, 6.07) is 17.5. The normalized spacial score (nSPS) is 16.5. The van der Waals surface area contributed by atoms with Gasteiger partial charge in [0, 0.05) is 18.8 Å². The molecule has 44 heavy (non-hydrogen) atoms. The third-order valence-electron chi connectivity index (χ3n) is 6.83. The molecule has 1 aromatic heterocycles. The molecule has 1 amide bonds. The number of carbonyl (C=O) groups is 2. The van der Waals surface area contributed by atoms with Crippen LogP contribution in [0.4, 0.5) is 20.2 Å². The van der Waals surface area contributed by atoms with Crippen LogP contribution in [0, 0.1) is 11.6 Å². The van der Waals surface area contributed by atoms with Crippen molar-refractivity contribution in [3.63, 3.8) is 0 Å². The van der Waals surface area contributed by atoms with Gasteiger partial charge in [0.25, 0.3) is 5.91 Å². The summed E-state index contributed by atoms with van der Waals surface area (Å²) >= 11 is 0. The van der Waals surface area contributed by atoms with E-state index in [1.807, 2.05) is 4.90 Å². The Hall–Kier alpha value is -4.98. The average Bonchev–Trinajstić information content (AvgIpc) is 3.41. The van der Waals surface area contributed by atoms with Gasteiger partial charge >= 0.3 is 5.97 Å². The third-order valence-corrected chi connectivity index (χ3v) is 6.83. The summed E-state index contributed by atoms with van der Waals surface area (Å²) in [6.07, 6.45) is 0.494. The number of carboxylic acid groups (broad SMARTS) is 1. The molecular formula is C31H31F2N5O6. The second kappa shape index (κ2) is 14.5. The van der Waals surface area contributed by atoms with E-state index in [2.05, 4.69) is 15.3 Å². The Labute approximate surface area is 251 Å². The van der Waals surface area contributed by atoms with Gasteiger partial charge in [-0.05, 0) is 48.4 Å². The van der Waals surface area contributed by atoms with Gasteiger partial charge in [-0.1, -0.05) is 36.4 Å². The molecule has 1 unspecified atom stereocenters. The molecule has 4 aromatic rings. The summed E-state index contributed by atoms with van der Waals surface area (Å²) < 4.78 is 33.7. The fourth-order valence-corrected chi connectivity index (χ4v) is 4.74. The Morgan fingerprint density at radius 1 is 1.11 bits per heavy atom. The molecule has 6 N–H and O–H groups in total. The number of ether oxygens (including phenoxy) is 1. The van der Waals surface area contributed by atoms with Crippen molar-refractivity contribution >= 4 is 23.3 Å². The Kier molecular flexibility index (Phi) is 10.5. The van der Waals surface area contributed by atoms with E-state index in [0.717, 1.165) is 0 Å². The summed E-state index contributed by atoms with van der Waals surface area (Å²) in [5, 5.41) is 29.8. The van der Waals surface area contributed by atoms with E-state index in [1.54, 1.807) is 36.4 Å². The number of nitrogens with one attached hydrogen (secondary N) is 1. The highest BCUT2D eigenvalue weighted by atomic mass is 19.1. The van der Waals surface area contributed by atoms with Crippen molar-refractivity contribution in [2.45, 2.75) is 24.6 Å². The Morgan fingerprint density at radius 3 is 2.55 bits per heavy atom. The van der Waals surface area contributed by atoms with Crippen molar-refractivity contribution in [3.8, 4) is 17.1 Å². The zero-order chi connectivity index (χ0) is 31.8. The van der Waals surface area contributed by atoms with Crippen molar-refractivity contribution in [1.29, 1.82) is 0 Å². The molecule has 1 aliphatic rings. The van der Waals surface area contributed by atoms with Gasteiger partial charge in [0.2, 0.25) is 0 Å². The zero-order valence-corrected chi connectivity index (χ0v) is 23.6. The SMILES string of the molecule is COc1cccc(F)c1-c1nccc(C(=O)Nc2cc(F)ccc2N2C[C@@H](N)C[C@H]2CO)n1.O=C(O)C(O)c1ccccc1. The van der Waals surface area contributed by atoms with Crippen LogP contribution in [-0.2, 0) is 4.79 Å². The molecule has 230 valence electrons. The van der Waals surface area contributed by atoms with Crippen molar-refractivity contribution < 1.29 is 38.4 Å². The predicted octanol–water partition coefficient (Wildman–Crippen LogP) is 3.39. The number of nitrogens with two attached hydrogens (primary N) is 1. The minimum atomic E-state index is -1.41. The molecule has 0 radical (unpaired) electrons. The number of aliphatic carboxylic acids is 1. The number of amides is 1. The molecule has 11 nitrogen and oxygen atoms in total. The number of benzene rings is 3. The molecular weight excluding hydrogens is 576 g/mol.